The Labute approximate surface area is 159 Å². The first-order valence-corrected chi connectivity index (χ1v) is 9.95. The van der Waals surface area contributed by atoms with Crippen LogP contribution >= 0.6 is 11.6 Å². The number of nitrogens with zero attached hydrogens (tertiary/aromatic N) is 1. The molecule has 6 nitrogen and oxygen atoms in total. The molecule has 1 amide bonds. The van der Waals surface area contributed by atoms with Gasteiger partial charge in [-0.15, -0.1) is 0 Å². The Kier molecular flexibility index (Phi) is 7.02. The van der Waals surface area contributed by atoms with Gasteiger partial charge in [-0.25, -0.2) is 8.42 Å². The van der Waals surface area contributed by atoms with Gasteiger partial charge in [0.2, 0.25) is 0 Å². The molecule has 0 aliphatic rings. The van der Waals surface area contributed by atoms with Crippen LogP contribution in [0.15, 0.2) is 53.4 Å². The summed E-state index contributed by atoms with van der Waals surface area (Å²) in [6, 6.07) is 12.2. The molecular formula is C18H22ClN3O3S. The van der Waals surface area contributed by atoms with Crippen LogP contribution in [0.5, 0.6) is 0 Å². The number of carbonyl (C=O) groups is 1. The molecule has 0 aromatic heterocycles. The summed E-state index contributed by atoms with van der Waals surface area (Å²) in [4.78, 5) is 14.2. The van der Waals surface area contributed by atoms with Crippen molar-refractivity contribution in [2.24, 2.45) is 0 Å². The lowest BCUT2D eigenvalue weighted by atomic mass is 10.2. The lowest BCUT2D eigenvalue weighted by molar-refractivity contribution is 0.0952. The van der Waals surface area contributed by atoms with Crippen molar-refractivity contribution in [2.45, 2.75) is 11.3 Å². The van der Waals surface area contributed by atoms with Gasteiger partial charge in [-0.05, 0) is 75.6 Å². The molecule has 0 heterocycles. The van der Waals surface area contributed by atoms with Crippen LogP contribution in [0.3, 0.4) is 0 Å². The number of carbonyl (C=O) groups excluding carboxylic acids is 1. The highest BCUT2D eigenvalue weighted by atomic mass is 35.5. The van der Waals surface area contributed by atoms with E-state index in [4.69, 9.17) is 11.6 Å². The number of halogens is 1. The summed E-state index contributed by atoms with van der Waals surface area (Å²) in [5, 5.41) is 3.34. The van der Waals surface area contributed by atoms with Crippen LogP contribution in [0.4, 0.5) is 5.69 Å². The lowest BCUT2D eigenvalue weighted by Gasteiger charge is -2.11. The fourth-order valence-corrected chi connectivity index (χ4v) is 3.40. The van der Waals surface area contributed by atoms with Crippen molar-refractivity contribution in [3.63, 3.8) is 0 Å². The molecule has 2 aromatic carbocycles. The maximum absolute atomic E-state index is 12.4. The first-order chi connectivity index (χ1) is 12.3. The van der Waals surface area contributed by atoms with Crippen LogP contribution in [0.25, 0.3) is 0 Å². The van der Waals surface area contributed by atoms with Gasteiger partial charge in [0, 0.05) is 22.8 Å². The van der Waals surface area contributed by atoms with E-state index < -0.39 is 10.0 Å². The largest absolute Gasteiger partial charge is 0.352 e. The highest BCUT2D eigenvalue weighted by Gasteiger charge is 2.15. The summed E-state index contributed by atoms with van der Waals surface area (Å²) in [5.74, 6) is -0.224. The van der Waals surface area contributed by atoms with Gasteiger partial charge < -0.3 is 10.2 Å². The Hall–Kier alpha value is -2.09. The molecule has 26 heavy (non-hydrogen) atoms. The summed E-state index contributed by atoms with van der Waals surface area (Å²) in [6.07, 6.45) is 0.843. The molecule has 0 fully saturated rings. The Morgan fingerprint density at radius 2 is 1.65 bits per heavy atom. The second-order valence-electron chi connectivity index (χ2n) is 6.05. The van der Waals surface area contributed by atoms with Crippen LogP contribution in [0, 0.1) is 0 Å². The molecule has 0 aliphatic heterocycles. The van der Waals surface area contributed by atoms with E-state index in [2.05, 4.69) is 10.0 Å². The molecule has 2 aromatic rings. The highest BCUT2D eigenvalue weighted by molar-refractivity contribution is 7.92. The zero-order valence-corrected chi connectivity index (χ0v) is 16.3. The van der Waals surface area contributed by atoms with E-state index >= 15 is 0 Å². The average molecular weight is 396 g/mol. The van der Waals surface area contributed by atoms with Crippen LogP contribution in [-0.2, 0) is 10.0 Å². The van der Waals surface area contributed by atoms with Crippen LogP contribution < -0.4 is 10.0 Å². The van der Waals surface area contributed by atoms with Crippen molar-refractivity contribution in [3.8, 4) is 0 Å². The van der Waals surface area contributed by atoms with Crippen LogP contribution in [-0.4, -0.2) is 46.4 Å². The maximum Gasteiger partial charge on any atom is 0.261 e. The van der Waals surface area contributed by atoms with Gasteiger partial charge in [-0.2, -0.15) is 0 Å². The average Bonchev–Trinajstić information content (AvgIpc) is 2.60. The van der Waals surface area contributed by atoms with Crippen molar-refractivity contribution in [2.75, 3.05) is 31.9 Å². The third kappa shape index (κ3) is 6.01. The lowest BCUT2D eigenvalue weighted by Crippen LogP contribution is -2.27. The SMILES string of the molecule is CN(C)CCCNC(=O)c1ccc(S(=O)(=O)Nc2ccc(Cl)cc2)cc1. The zero-order valence-electron chi connectivity index (χ0n) is 14.7. The molecule has 8 heteroatoms. The minimum Gasteiger partial charge on any atom is -0.352 e. The topological polar surface area (TPSA) is 78.5 Å². The van der Waals surface area contributed by atoms with Gasteiger partial charge in [0.25, 0.3) is 15.9 Å². The number of benzene rings is 2. The fraction of sp³-hybridized carbons (Fsp3) is 0.278. The first kappa shape index (κ1) is 20.2. The minimum absolute atomic E-state index is 0.0802. The molecule has 0 aliphatic carbocycles. The van der Waals surface area contributed by atoms with Gasteiger partial charge >= 0.3 is 0 Å². The van der Waals surface area contributed by atoms with Crippen LogP contribution in [0.2, 0.25) is 5.02 Å². The quantitative estimate of drug-likeness (QED) is 0.673. The van der Waals surface area contributed by atoms with Crippen LogP contribution in [0.1, 0.15) is 16.8 Å². The van der Waals surface area contributed by atoms with Gasteiger partial charge in [0.1, 0.15) is 0 Å². The monoisotopic (exact) mass is 395 g/mol. The molecule has 140 valence electrons. The van der Waals surface area contributed by atoms with E-state index in [0.29, 0.717) is 22.8 Å². The molecule has 0 saturated carbocycles. The van der Waals surface area contributed by atoms with Gasteiger partial charge in [-0.3, -0.25) is 9.52 Å². The molecule has 0 spiro atoms. The van der Waals surface area contributed by atoms with Crippen molar-refractivity contribution >= 4 is 33.2 Å². The summed E-state index contributed by atoms with van der Waals surface area (Å²) in [6.45, 7) is 1.45. The summed E-state index contributed by atoms with van der Waals surface area (Å²) in [7, 11) is 0.213. The third-order valence-electron chi connectivity index (χ3n) is 3.59. The van der Waals surface area contributed by atoms with Crippen molar-refractivity contribution in [3.05, 3.63) is 59.1 Å². The molecular weight excluding hydrogens is 374 g/mol. The van der Waals surface area contributed by atoms with E-state index in [1.165, 1.54) is 24.3 Å². The summed E-state index contributed by atoms with van der Waals surface area (Å²) >= 11 is 5.79. The number of sulfonamides is 1. The smallest absolute Gasteiger partial charge is 0.261 e. The Morgan fingerprint density at radius 1 is 1.04 bits per heavy atom. The maximum atomic E-state index is 12.4. The third-order valence-corrected chi connectivity index (χ3v) is 5.24. The number of nitrogens with one attached hydrogen (secondary N) is 2. The normalized spacial score (nSPS) is 11.4. The standard InChI is InChI=1S/C18H22ClN3O3S/c1-22(2)13-3-12-20-18(23)14-4-10-17(11-5-14)26(24,25)21-16-8-6-15(19)7-9-16/h4-11,21H,3,12-13H2,1-2H3,(H,20,23). The summed E-state index contributed by atoms with van der Waals surface area (Å²) in [5.41, 5.74) is 0.831. The van der Waals surface area contributed by atoms with Crippen molar-refractivity contribution < 1.29 is 13.2 Å². The molecule has 2 rings (SSSR count). The Bertz CT molecular complexity index is 835. The van der Waals surface area contributed by atoms with E-state index in [1.807, 2.05) is 19.0 Å². The number of rotatable bonds is 8. The number of anilines is 1. The molecule has 0 saturated heterocycles. The Balaban J connectivity index is 1.99. The van der Waals surface area contributed by atoms with Crippen molar-refractivity contribution in [1.29, 1.82) is 0 Å². The second kappa shape index (κ2) is 9.02. The molecule has 0 unspecified atom stereocenters. The number of amides is 1. The molecule has 0 radical (unpaired) electrons. The highest BCUT2D eigenvalue weighted by Crippen LogP contribution is 2.18. The van der Waals surface area contributed by atoms with E-state index in [9.17, 15) is 13.2 Å². The van der Waals surface area contributed by atoms with E-state index in [1.54, 1.807) is 24.3 Å². The van der Waals surface area contributed by atoms with Crippen molar-refractivity contribution in [1.82, 2.24) is 10.2 Å². The predicted octanol–water partition coefficient (Wildman–Crippen LogP) is 2.82. The fourth-order valence-electron chi connectivity index (χ4n) is 2.22. The number of hydrogen-bond donors (Lipinski definition) is 2. The molecule has 2 N–H and O–H groups in total. The first-order valence-electron chi connectivity index (χ1n) is 8.09. The second-order valence-corrected chi connectivity index (χ2v) is 8.17. The van der Waals surface area contributed by atoms with E-state index in [-0.39, 0.29) is 10.8 Å². The van der Waals surface area contributed by atoms with Gasteiger partial charge in [0.15, 0.2) is 0 Å². The zero-order chi connectivity index (χ0) is 19.2. The number of hydrogen-bond acceptors (Lipinski definition) is 4. The molecule has 0 atom stereocenters. The van der Waals surface area contributed by atoms with Gasteiger partial charge in [-0.1, -0.05) is 11.6 Å². The van der Waals surface area contributed by atoms with E-state index in [0.717, 1.165) is 13.0 Å². The predicted molar refractivity (Wildman–Crippen MR) is 104 cm³/mol. The Morgan fingerprint density at radius 3 is 2.23 bits per heavy atom. The summed E-state index contributed by atoms with van der Waals surface area (Å²) < 4.78 is 27.3. The molecule has 0 bridgehead atoms. The van der Waals surface area contributed by atoms with Gasteiger partial charge in [0.05, 0.1) is 4.90 Å². The minimum atomic E-state index is -3.73.